The Balaban J connectivity index is 0.000000392. The topological polar surface area (TPSA) is 137 Å². The van der Waals surface area contributed by atoms with Gasteiger partial charge in [0, 0.05) is 26.2 Å². The molecule has 0 bridgehead atoms. The molecule has 0 amide bonds. The number of likely N-dealkylation sites (N-methyl/N-ethyl adjacent to an activating group) is 1. The molecule has 0 radical (unpaired) electrons. The number of hydrogen-bond donors (Lipinski definition) is 4. The number of anilines is 2. The molecule has 0 saturated heterocycles. The van der Waals surface area contributed by atoms with Crippen molar-refractivity contribution in [3.8, 4) is 5.75 Å². The highest BCUT2D eigenvalue weighted by atomic mass is 32.1. The summed E-state index contributed by atoms with van der Waals surface area (Å²) in [7, 11) is 3.65. The fourth-order valence-electron chi connectivity index (χ4n) is 3.06. The standard InChI is InChI=1S/C17H11F3N4O3S.C5H14N2O/c1-24-12-5-2-8(14(25)26)6-11(12)21-15(24)23-16-22-10-4-3-9(7-13(10)28-16)27-17(18,19)20;1-7-3-5-8-4-2-6/h2-7H,1H3,(H,25,26)(H,21,22,23);7H,2-6H2,1H3. The van der Waals surface area contributed by atoms with Crippen LogP contribution in [0.5, 0.6) is 5.75 Å². The first-order valence-corrected chi connectivity index (χ1v) is 11.5. The maximum Gasteiger partial charge on any atom is 0.573 e. The second kappa shape index (κ2) is 12.0. The Morgan fingerprint density at radius 1 is 1.17 bits per heavy atom. The number of aryl methyl sites for hydroxylation is 1. The number of thiazole rings is 1. The van der Waals surface area contributed by atoms with E-state index in [-0.39, 0.29) is 11.3 Å². The van der Waals surface area contributed by atoms with Crippen molar-refractivity contribution in [1.82, 2.24) is 19.9 Å². The zero-order chi connectivity index (χ0) is 26.3. The fourth-order valence-corrected chi connectivity index (χ4v) is 3.94. The molecule has 0 aliphatic rings. The van der Waals surface area contributed by atoms with Gasteiger partial charge in [-0.15, -0.1) is 13.2 Å². The van der Waals surface area contributed by atoms with Crippen LogP contribution in [-0.4, -0.2) is 65.3 Å². The number of rotatable bonds is 9. The Morgan fingerprint density at radius 3 is 2.61 bits per heavy atom. The number of ether oxygens (including phenoxy) is 2. The minimum atomic E-state index is -4.76. The maximum absolute atomic E-state index is 12.4. The van der Waals surface area contributed by atoms with E-state index in [1.165, 1.54) is 30.3 Å². The van der Waals surface area contributed by atoms with Crippen molar-refractivity contribution >= 4 is 49.6 Å². The van der Waals surface area contributed by atoms with Gasteiger partial charge in [0.2, 0.25) is 5.95 Å². The van der Waals surface area contributed by atoms with E-state index in [0.29, 0.717) is 40.0 Å². The number of hydrogen-bond acceptors (Lipinski definition) is 9. The van der Waals surface area contributed by atoms with Gasteiger partial charge in [0.1, 0.15) is 5.75 Å². The number of aromatic carboxylic acids is 1. The Morgan fingerprint density at radius 2 is 1.94 bits per heavy atom. The molecule has 0 fully saturated rings. The number of fused-ring (bicyclic) bond motifs is 2. The summed E-state index contributed by atoms with van der Waals surface area (Å²) in [6.45, 7) is 2.94. The van der Waals surface area contributed by atoms with E-state index in [4.69, 9.17) is 15.6 Å². The number of benzene rings is 2. The van der Waals surface area contributed by atoms with Crippen molar-refractivity contribution in [1.29, 1.82) is 0 Å². The number of aromatic nitrogens is 3. The second-order valence-corrected chi connectivity index (χ2v) is 8.36. The summed E-state index contributed by atoms with van der Waals surface area (Å²) >= 11 is 1.14. The van der Waals surface area contributed by atoms with Crippen LogP contribution in [0.25, 0.3) is 21.3 Å². The number of nitrogens with two attached hydrogens (primary N) is 1. The number of carboxylic acids is 1. The van der Waals surface area contributed by atoms with Gasteiger partial charge in [0.05, 0.1) is 40.0 Å². The van der Waals surface area contributed by atoms with E-state index < -0.39 is 12.3 Å². The molecular formula is C22H25F3N6O4S. The molecule has 0 aliphatic heterocycles. The third-order valence-electron chi connectivity index (χ3n) is 4.70. The zero-order valence-corrected chi connectivity index (χ0v) is 20.2. The zero-order valence-electron chi connectivity index (χ0n) is 19.4. The van der Waals surface area contributed by atoms with Crippen LogP contribution in [0.15, 0.2) is 36.4 Å². The van der Waals surface area contributed by atoms with Crippen molar-refractivity contribution in [2.45, 2.75) is 6.36 Å². The normalized spacial score (nSPS) is 11.4. The average Bonchev–Trinajstić information content (AvgIpc) is 3.35. The first kappa shape index (κ1) is 27.1. The average molecular weight is 527 g/mol. The highest BCUT2D eigenvalue weighted by Crippen LogP contribution is 2.33. The van der Waals surface area contributed by atoms with Gasteiger partial charge in [-0.05, 0) is 37.4 Å². The first-order valence-electron chi connectivity index (χ1n) is 10.7. The SMILES string of the molecule is CNCCOCCN.Cn1c(Nc2nc3ccc(OC(F)(F)F)cc3s2)nc2cc(C(=O)O)ccc21. The van der Waals surface area contributed by atoms with Crippen molar-refractivity contribution in [2.75, 3.05) is 38.7 Å². The molecule has 2 aromatic heterocycles. The van der Waals surface area contributed by atoms with Gasteiger partial charge < -0.3 is 35.5 Å². The highest BCUT2D eigenvalue weighted by molar-refractivity contribution is 7.22. The molecule has 4 aromatic rings. The smallest absolute Gasteiger partial charge is 0.478 e. The predicted molar refractivity (Wildman–Crippen MR) is 131 cm³/mol. The van der Waals surface area contributed by atoms with E-state index >= 15 is 0 Å². The van der Waals surface area contributed by atoms with Crippen molar-refractivity contribution in [2.24, 2.45) is 12.8 Å². The number of nitrogens with zero attached hydrogens (tertiary/aromatic N) is 3. The Hall–Kier alpha value is -3.46. The molecule has 0 saturated carbocycles. The second-order valence-electron chi connectivity index (χ2n) is 7.33. The molecule has 2 aromatic carbocycles. The first-order chi connectivity index (χ1) is 17.1. The summed E-state index contributed by atoms with van der Waals surface area (Å²) in [4.78, 5) is 19.8. The van der Waals surface area contributed by atoms with Gasteiger partial charge in [0.25, 0.3) is 0 Å². The van der Waals surface area contributed by atoms with E-state index in [1.807, 2.05) is 7.05 Å². The third-order valence-corrected chi connectivity index (χ3v) is 5.63. The largest absolute Gasteiger partial charge is 0.573 e. The van der Waals surface area contributed by atoms with Crippen molar-refractivity contribution < 1.29 is 32.5 Å². The molecule has 194 valence electrons. The van der Waals surface area contributed by atoms with Crippen LogP contribution >= 0.6 is 11.3 Å². The number of nitrogens with one attached hydrogen (secondary N) is 2. The quantitative estimate of drug-likeness (QED) is 0.241. The molecule has 2 heterocycles. The molecule has 4 rings (SSSR count). The molecule has 5 N–H and O–H groups in total. The number of carboxylic acid groups (broad SMARTS) is 1. The molecule has 0 spiro atoms. The monoisotopic (exact) mass is 526 g/mol. The third kappa shape index (κ3) is 7.27. The summed E-state index contributed by atoms with van der Waals surface area (Å²) in [6, 6.07) is 8.49. The van der Waals surface area contributed by atoms with Crippen molar-refractivity contribution in [3.63, 3.8) is 0 Å². The molecule has 0 atom stereocenters. The van der Waals surface area contributed by atoms with Gasteiger partial charge >= 0.3 is 12.3 Å². The van der Waals surface area contributed by atoms with Crippen molar-refractivity contribution in [3.05, 3.63) is 42.0 Å². The minimum Gasteiger partial charge on any atom is -0.478 e. The van der Waals surface area contributed by atoms with E-state index in [2.05, 4.69) is 25.3 Å². The summed E-state index contributed by atoms with van der Waals surface area (Å²) in [6.07, 6.45) is -4.76. The van der Waals surface area contributed by atoms with Crippen LogP contribution in [0.1, 0.15) is 10.4 Å². The fraction of sp³-hybridized carbons (Fsp3) is 0.318. The van der Waals surface area contributed by atoms with E-state index in [9.17, 15) is 18.0 Å². The number of carbonyl (C=O) groups is 1. The Labute approximate surface area is 207 Å². The van der Waals surface area contributed by atoms with Gasteiger partial charge in [-0.2, -0.15) is 0 Å². The Bertz CT molecular complexity index is 1320. The van der Waals surface area contributed by atoms with E-state index in [1.54, 1.807) is 17.7 Å². The predicted octanol–water partition coefficient (Wildman–Crippen LogP) is 3.70. The summed E-state index contributed by atoms with van der Waals surface area (Å²) in [5, 5.41) is 15.5. The molecule has 14 heteroatoms. The highest BCUT2D eigenvalue weighted by Gasteiger charge is 2.31. The number of alkyl halides is 3. The van der Waals surface area contributed by atoms with Gasteiger partial charge in [0.15, 0.2) is 5.13 Å². The molecule has 10 nitrogen and oxygen atoms in total. The summed E-state index contributed by atoms with van der Waals surface area (Å²) in [5.74, 6) is -0.951. The summed E-state index contributed by atoms with van der Waals surface area (Å²) in [5.41, 5.74) is 7.00. The van der Waals surface area contributed by atoms with Crippen LogP contribution in [-0.2, 0) is 11.8 Å². The maximum atomic E-state index is 12.4. The molecule has 36 heavy (non-hydrogen) atoms. The molecule has 0 aliphatic carbocycles. The van der Waals surface area contributed by atoms with Crippen LogP contribution in [0.2, 0.25) is 0 Å². The lowest BCUT2D eigenvalue weighted by Crippen LogP contribution is -2.17. The number of imidazole rings is 1. The van der Waals surface area contributed by atoms with Crippen LogP contribution in [0.3, 0.4) is 0 Å². The molecular weight excluding hydrogens is 501 g/mol. The molecule has 0 unspecified atom stereocenters. The lowest BCUT2D eigenvalue weighted by atomic mass is 10.2. The van der Waals surface area contributed by atoms with E-state index in [0.717, 1.165) is 30.0 Å². The number of halogens is 3. The van der Waals surface area contributed by atoms with Gasteiger partial charge in [-0.1, -0.05) is 11.3 Å². The van der Waals surface area contributed by atoms with Gasteiger partial charge in [-0.25, -0.2) is 14.8 Å². The van der Waals surface area contributed by atoms with Crippen LogP contribution in [0.4, 0.5) is 24.3 Å². The van der Waals surface area contributed by atoms with Crippen LogP contribution < -0.4 is 21.1 Å². The Kier molecular flexibility index (Phi) is 9.03. The lowest BCUT2D eigenvalue weighted by molar-refractivity contribution is -0.274. The van der Waals surface area contributed by atoms with Crippen LogP contribution in [0, 0.1) is 0 Å². The lowest BCUT2D eigenvalue weighted by Gasteiger charge is -2.07. The summed E-state index contributed by atoms with van der Waals surface area (Å²) < 4.78 is 48.3. The minimum absolute atomic E-state index is 0.120. The van der Waals surface area contributed by atoms with Gasteiger partial charge in [-0.3, -0.25) is 0 Å².